The number of nitrogens with one attached hydrogen (secondary N) is 1. The van der Waals surface area contributed by atoms with E-state index in [1.54, 1.807) is 28.5 Å². The molecular weight excluding hydrogens is 350 g/mol. The van der Waals surface area contributed by atoms with Crippen LogP contribution in [-0.4, -0.2) is 30.8 Å². The van der Waals surface area contributed by atoms with Gasteiger partial charge in [-0.15, -0.1) is 0 Å². The summed E-state index contributed by atoms with van der Waals surface area (Å²) in [6.07, 6.45) is 2.45. The summed E-state index contributed by atoms with van der Waals surface area (Å²) >= 11 is 1.47. The largest absolute Gasteiger partial charge is 0.366 e. The van der Waals surface area contributed by atoms with Crippen molar-refractivity contribution in [1.29, 1.82) is 0 Å². The normalized spacial score (nSPS) is 13.2. The van der Waals surface area contributed by atoms with Crippen LogP contribution in [0.25, 0.3) is 0 Å². The SMILES string of the molecule is NC(=O)c1cccc2c1CCCN2C(=O)CCCNC(=O)c1ccsc1. The number of nitrogens with zero attached hydrogens (tertiary/aromatic N) is 1. The molecule has 0 spiro atoms. The topological polar surface area (TPSA) is 92.5 Å². The van der Waals surface area contributed by atoms with Crippen molar-refractivity contribution < 1.29 is 14.4 Å². The van der Waals surface area contributed by atoms with Gasteiger partial charge in [0.05, 0.1) is 0 Å². The number of primary amides is 1. The van der Waals surface area contributed by atoms with Crippen molar-refractivity contribution in [3.05, 3.63) is 51.7 Å². The molecule has 1 aromatic heterocycles. The Kier molecular flexibility index (Phi) is 5.68. The van der Waals surface area contributed by atoms with E-state index in [2.05, 4.69) is 5.32 Å². The van der Waals surface area contributed by atoms with Gasteiger partial charge in [0.1, 0.15) is 0 Å². The molecule has 3 rings (SSSR count). The Morgan fingerprint density at radius 1 is 1.23 bits per heavy atom. The van der Waals surface area contributed by atoms with Gasteiger partial charge in [-0.3, -0.25) is 14.4 Å². The molecule has 1 aromatic carbocycles. The van der Waals surface area contributed by atoms with Crippen LogP contribution in [0.3, 0.4) is 0 Å². The molecule has 1 aliphatic heterocycles. The van der Waals surface area contributed by atoms with Gasteiger partial charge in [0, 0.05) is 41.7 Å². The van der Waals surface area contributed by atoms with Gasteiger partial charge in [0.25, 0.3) is 5.91 Å². The number of benzene rings is 1. The summed E-state index contributed by atoms with van der Waals surface area (Å²) in [7, 11) is 0. The van der Waals surface area contributed by atoms with Crippen molar-refractivity contribution >= 4 is 34.7 Å². The molecule has 26 heavy (non-hydrogen) atoms. The number of carbonyl (C=O) groups excluding carboxylic acids is 3. The lowest BCUT2D eigenvalue weighted by molar-refractivity contribution is -0.118. The molecule has 6 nitrogen and oxygen atoms in total. The zero-order valence-electron chi connectivity index (χ0n) is 14.4. The first-order valence-corrected chi connectivity index (χ1v) is 9.54. The Balaban J connectivity index is 1.57. The van der Waals surface area contributed by atoms with Crippen molar-refractivity contribution in [3.63, 3.8) is 0 Å². The molecule has 7 heteroatoms. The standard InChI is InChI=1S/C19H21N3O3S/c20-18(24)15-4-1-6-16-14(15)5-3-10-22(16)17(23)7-2-9-21-19(25)13-8-11-26-12-13/h1,4,6,8,11-12H,2-3,5,7,9-10H2,(H2,20,24)(H,21,25). The van der Waals surface area contributed by atoms with Gasteiger partial charge in [-0.1, -0.05) is 6.07 Å². The molecule has 3 N–H and O–H groups in total. The highest BCUT2D eigenvalue weighted by Gasteiger charge is 2.25. The molecule has 1 aliphatic rings. The number of amides is 3. The number of fused-ring (bicyclic) bond motifs is 1. The fraction of sp³-hybridized carbons (Fsp3) is 0.316. The van der Waals surface area contributed by atoms with E-state index in [1.807, 2.05) is 11.4 Å². The second-order valence-corrected chi connectivity index (χ2v) is 6.97. The third kappa shape index (κ3) is 3.94. The van der Waals surface area contributed by atoms with Gasteiger partial charge in [-0.05, 0) is 48.4 Å². The van der Waals surface area contributed by atoms with E-state index in [4.69, 9.17) is 5.73 Å². The third-order valence-electron chi connectivity index (χ3n) is 4.45. The predicted octanol–water partition coefficient (Wildman–Crippen LogP) is 2.34. The fourth-order valence-corrected chi connectivity index (χ4v) is 3.82. The van der Waals surface area contributed by atoms with Gasteiger partial charge in [0.2, 0.25) is 11.8 Å². The number of hydrogen-bond acceptors (Lipinski definition) is 4. The molecule has 0 fully saturated rings. The summed E-state index contributed by atoms with van der Waals surface area (Å²) in [5, 5.41) is 6.47. The molecular formula is C19H21N3O3S. The Bertz CT molecular complexity index is 817. The minimum atomic E-state index is -0.465. The van der Waals surface area contributed by atoms with Crippen LogP contribution in [0.1, 0.15) is 45.5 Å². The minimum absolute atomic E-state index is 0.00245. The lowest BCUT2D eigenvalue weighted by Gasteiger charge is -2.30. The van der Waals surface area contributed by atoms with Crippen LogP contribution >= 0.6 is 11.3 Å². The maximum absolute atomic E-state index is 12.6. The second kappa shape index (κ2) is 8.14. The maximum atomic E-state index is 12.6. The van der Waals surface area contributed by atoms with Crippen LogP contribution in [0.5, 0.6) is 0 Å². The summed E-state index contributed by atoms with van der Waals surface area (Å²) in [6, 6.07) is 7.09. The van der Waals surface area contributed by atoms with Crippen LogP contribution < -0.4 is 16.0 Å². The monoisotopic (exact) mass is 371 g/mol. The Morgan fingerprint density at radius 2 is 2.08 bits per heavy atom. The van der Waals surface area contributed by atoms with Crippen LogP contribution in [-0.2, 0) is 11.2 Å². The van der Waals surface area contributed by atoms with Gasteiger partial charge in [-0.2, -0.15) is 11.3 Å². The summed E-state index contributed by atoms with van der Waals surface area (Å²) < 4.78 is 0. The number of thiophene rings is 1. The van der Waals surface area contributed by atoms with Crippen LogP contribution in [0, 0.1) is 0 Å². The lowest BCUT2D eigenvalue weighted by atomic mass is 9.95. The number of anilines is 1. The molecule has 0 bridgehead atoms. The summed E-state index contributed by atoms with van der Waals surface area (Å²) in [6.45, 7) is 1.08. The highest BCUT2D eigenvalue weighted by atomic mass is 32.1. The molecule has 0 saturated heterocycles. The van der Waals surface area contributed by atoms with Crippen molar-refractivity contribution in [2.75, 3.05) is 18.0 Å². The predicted molar refractivity (Wildman–Crippen MR) is 102 cm³/mol. The van der Waals surface area contributed by atoms with E-state index in [9.17, 15) is 14.4 Å². The molecule has 0 unspecified atom stereocenters. The average molecular weight is 371 g/mol. The van der Waals surface area contributed by atoms with Gasteiger partial charge in [-0.25, -0.2) is 0 Å². The third-order valence-corrected chi connectivity index (χ3v) is 5.14. The second-order valence-electron chi connectivity index (χ2n) is 6.19. The Morgan fingerprint density at radius 3 is 2.81 bits per heavy atom. The molecule has 0 saturated carbocycles. The maximum Gasteiger partial charge on any atom is 0.252 e. The number of carbonyl (C=O) groups is 3. The fourth-order valence-electron chi connectivity index (χ4n) is 3.19. The molecule has 0 aliphatic carbocycles. The number of rotatable bonds is 6. The van der Waals surface area contributed by atoms with E-state index in [0.29, 0.717) is 37.1 Å². The van der Waals surface area contributed by atoms with E-state index in [0.717, 1.165) is 24.1 Å². The smallest absolute Gasteiger partial charge is 0.252 e. The minimum Gasteiger partial charge on any atom is -0.366 e. The quantitative estimate of drug-likeness (QED) is 0.763. The lowest BCUT2D eigenvalue weighted by Crippen LogP contribution is -2.36. The first kappa shape index (κ1) is 18.1. The Hall–Kier alpha value is -2.67. The van der Waals surface area contributed by atoms with Gasteiger partial charge < -0.3 is 16.0 Å². The van der Waals surface area contributed by atoms with Crippen LogP contribution in [0.4, 0.5) is 5.69 Å². The van der Waals surface area contributed by atoms with Gasteiger partial charge in [0.15, 0.2) is 0 Å². The first-order valence-electron chi connectivity index (χ1n) is 8.60. The van der Waals surface area contributed by atoms with Crippen molar-refractivity contribution in [2.24, 2.45) is 5.73 Å². The van der Waals surface area contributed by atoms with E-state index < -0.39 is 5.91 Å². The number of hydrogen-bond donors (Lipinski definition) is 2. The average Bonchev–Trinajstić information content (AvgIpc) is 3.18. The molecule has 136 valence electrons. The van der Waals surface area contributed by atoms with E-state index in [-0.39, 0.29) is 11.8 Å². The van der Waals surface area contributed by atoms with Crippen LogP contribution in [0.15, 0.2) is 35.0 Å². The molecule has 2 heterocycles. The van der Waals surface area contributed by atoms with Crippen molar-refractivity contribution in [3.8, 4) is 0 Å². The first-order chi connectivity index (χ1) is 12.6. The zero-order valence-corrected chi connectivity index (χ0v) is 15.2. The van der Waals surface area contributed by atoms with E-state index in [1.165, 1.54) is 11.3 Å². The highest BCUT2D eigenvalue weighted by molar-refractivity contribution is 7.08. The summed E-state index contributed by atoms with van der Waals surface area (Å²) in [4.78, 5) is 37.8. The Labute approximate surface area is 156 Å². The van der Waals surface area contributed by atoms with Crippen LogP contribution in [0.2, 0.25) is 0 Å². The van der Waals surface area contributed by atoms with Crippen molar-refractivity contribution in [2.45, 2.75) is 25.7 Å². The highest BCUT2D eigenvalue weighted by Crippen LogP contribution is 2.30. The van der Waals surface area contributed by atoms with Crippen molar-refractivity contribution in [1.82, 2.24) is 5.32 Å². The zero-order chi connectivity index (χ0) is 18.5. The summed E-state index contributed by atoms with van der Waals surface area (Å²) in [5.41, 5.74) is 8.21. The van der Waals surface area contributed by atoms with E-state index >= 15 is 0 Å². The summed E-state index contributed by atoms with van der Waals surface area (Å²) in [5.74, 6) is -0.585. The molecule has 3 amide bonds. The molecule has 0 atom stereocenters. The number of nitrogens with two attached hydrogens (primary N) is 1. The van der Waals surface area contributed by atoms with Gasteiger partial charge >= 0.3 is 0 Å². The molecule has 2 aromatic rings. The molecule has 0 radical (unpaired) electrons.